The number of aliphatic hydroxyl groups is 1. The summed E-state index contributed by atoms with van der Waals surface area (Å²) in [7, 11) is 0. The molecule has 1 aliphatic rings. The van der Waals surface area contributed by atoms with E-state index in [9.17, 15) is 4.39 Å². The predicted molar refractivity (Wildman–Crippen MR) is 86.9 cm³/mol. The molecule has 0 aliphatic carbocycles. The number of benzene rings is 1. The number of aliphatic hydroxyl groups excluding tert-OH is 1. The first kappa shape index (κ1) is 18.7. The van der Waals surface area contributed by atoms with Crippen LogP contribution in [0.1, 0.15) is 30.0 Å². The third-order valence-corrected chi connectivity index (χ3v) is 4.21. The average Bonchev–Trinajstić information content (AvgIpc) is 2.47. The number of piperazine rings is 1. The van der Waals surface area contributed by atoms with Crippen LogP contribution in [0.15, 0.2) is 12.1 Å². The minimum Gasteiger partial charge on any atom is -0.396 e. The fourth-order valence-electron chi connectivity index (χ4n) is 2.77. The van der Waals surface area contributed by atoms with E-state index in [1.54, 1.807) is 19.1 Å². The van der Waals surface area contributed by atoms with Gasteiger partial charge >= 0.3 is 0 Å². The molecule has 0 radical (unpaired) electrons. The van der Waals surface area contributed by atoms with Crippen molar-refractivity contribution < 1.29 is 9.50 Å². The Kier molecular flexibility index (Phi) is 7.92. The number of halogens is 3. The summed E-state index contributed by atoms with van der Waals surface area (Å²) >= 11 is 6.25. The molecule has 1 heterocycles. The van der Waals surface area contributed by atoms with Crippen molar-refractivity contribution in [1.82, 2.24) is 10.2 Å². The Morgan fingerprint density at radius 1 is 1.38 bits per heavy atom. The predicted octanol–water partition coefficient (Wildman–Crippen LogP) is 2.93. The molecule has 2 N–H and O–H groups in total. The maximum atomic E-state index is 14.5. The maximum absolute atomic E-state index is 14.5. The average molecular weight is 337 g/mol. The van der Waals surface area contributed by atoms with Crippen LogP contribution < -0.4 is 5.32 Å². The van der Waals surface area contributed by atoms with Crippen LogP contribution >= 0.6 is 24.0 Å². The minimum atomic E-state index is -0.209. The van der Waals surface area contributed by atoms with Crippen molar-refractivity contribution in [3.05, 3.63) is 34.1 Å². The summed E-state index contributed by atoms with van der Waals surface area (Å²) in [5, 5.41) is 12.9. The van der Waals surface area contributed by atoms with Crippen LogP contribution in [0.4, 0.5) is 4.39 Å². The fourth-order valence-corrected chi connectivity index (χ4v) is 3.04. The van der Waals surface area contributed by atoms with Crippen molar-refractivity contribution in [1.29, 1.82) is 0 Å². The Bertz CT molecular complexity index is 454. The highest BCUT2D eigenvalue weighted by atomic mass is 35.5. The Hall–Kier alpha value is -0.390. The van der Waals surface area contributed by atoms with Gasteiger partial charge in [0, 0.05) is 49.4 Å². The van der Waals surface area contributed by atoms with Crippen LogP contribution in [-0.2, 0) is 0 Å². The molecule has 1 fully saturated rings. The van der Waals surface area contributed by atoms with Crippen molar-refractivity contribution >= 4 is 24.0 Å². The van der Waals surface area contributed by atoms with E-state index in [2.05, 4.69) is 10.2 Å². The molecule has 1 saturated heterocycles. The van der Waals surface area contributed by atoms with Crippen molar-refractivity contribution in [2.75, 3.05) is 32.8 Å². The molecule has 1 aromatic carbocycles. The van der Waals surface area contributed by atoms with Gasteiger partial charge in [0.2, 0.25) is 0 Å². The van der Waals surface area contributed by atoms with E-state index in [0.29, 0.717) is 22.6 Å². The molecule has 3 nitrogen and oxygen atoms in total. The summed E-state index contributed by atoms with van der Waals surface area (Å²) in [6.45, 7) is 5.44. The Labute approximate surface area is 136 Å². The van der Waals surface area contributed by atoms with Gasteiger partial charge in [-0.3, -0.25) is 4.90 Å². The molecule has 2 rings (SSSR count). The minimum absolute atomic E-state index is 0. The highest BCUT2D eigenvalue weighted by Gasteiger charge is 2.27. The van der Waals surface area contributed by atoms with E-state index in [1.165, 1.54) is 0 Å². The van der Waals surface area contributed by atoms with Crippen molar-refractivity contribution in [2.24, 2.45) is 0 Å². The quantitative estimate of drug-likeness (QED) is 0.867. The SMILES string of the molecule is Cc1ccc(Cl)c([C@H](CCCO)N2CCNCC2)c1F.Cl. The molecular weight excluding hydrogens is 314 g/mol. The molecule has 0 bridgehead atoms. The summed E-state index contributed by atoms with van der Waals surface area (Å²) in [6.07, 6.45) is 1.37. The van der Waals surface area contributed by atoms with E-state index in [0.717, 1.165) is 32.6 Å². The van der Waals surface area contributed by atoms with Gasteiger partial charge in [-0.25, -0.2) is 4.39 Å². The summed E-state index contributed by atoms with van der Waals surface area (Å²) < 4.78 is 14.5. The molecule has 1 aliphatic heterocycles. The van der Waals surface area contributed by atoms with Crippen LogP contribution in [0.2, 0.25) is 5.02 Å². The van der Waals surface area contributed by atoms with E-state index >= 15 is 0 Å². The van der Waals surface area contributed by atoms with Crippen LogP contribution in [0.3, 0.4) is 0 Å². The van der Waals surface area contributed by atoms with Crippen LogP contribution in [-0.4, -0.2) is 42.8 Å². The number of hydrogen-bond donors (Lipinski definition) is 2. The van der Waals surface area contributed by atoms with Gasteiger partial charge < -0.3 is 10.4 Å². The number of aryl methyl sites for hydroxylation is 1. The molecule has 1 aromatic rings. The molecule has 0 spiro atoms. The van der Waals surface area contributed by atoms with Crippen LogP contribution in [0, 0.1) is 12.7 Å². The van der Waals surface area contributed by atoms with Gasteiger partial charge in [-0.2, -0.15) is 0 Å². The molecule has 21 heavy (non-hydrogen) atoms. The van der Waals surface area contributed by atoms with Gasteiger partial charge in [0.25, 0.3) is 0 Å². The van der Waals surface area contributed by atoms with Crippen molar-refractivity contribution in [2.45, 2.75) is 25.8 Å². The number of rotatable bonds is 5. The largest absolute Gasteiger partial charge is 0.396 e. The van der Waals surface area contributed by atoms with E-state index < -0.39 is 0 Å². The summed E-state index contributed by atoms with van der Waals surface area (Å²) in [6, 6.07) is 3.42. The van der Waals surface area contributed by atoms with Gasteiger partial charge in [-0.1, -0.05) is 17.7 Å². The summed E-state index contributed by atoms with van der Waals surface area (Å²) in [5.41, 5.74) is 1.20. The lowest BCUT2D eigenvalue weighted by Gasteiger charge is -2.36. The standard InChI is InChI=1S/C15H22ClFN2O.ClH/c1-11-4-5-12(16)14(15(11)17)13(3-2-10-20)19-8-6-18-7-9-19;/h4-5,13,18,20H,2-3,6-10H2,1H3;1H/t13-;/m0./s1. The highest BCUT2D eigenvalue weighted by molar-refractivity contribution is 6.31. The molecule has 0 unspecified atom stereocenters. The monoisotopic (exact) mass is 336 g/mol. The van der Waals surface area contributed by atoms with Gasteiger partial charge in [0.05, 0.1) is 0 Å². The second-order valence-corrected chi connectivity index (χ2v) is 5.67. The van der Waals surface area contributed by atoms with Gasteiger partial charge in [-0.05, 0) is 31.4 Å². The topological polar surface area (TPSA) is 35.5 Å². The van der Waals surface area contributed by atoms with E-state index in [4.69, 9.17) is 16.7 Å². The van der Waals surface area contributed by atoms with E-state index in [1.807, 2.05) is 0 Å². The lowest BCUT2D eigenvalue weighted by molar-refractivity contribution is 0.151. The molecule has 0 aromatic heterocycles. The maximum Gasteiger partial charge on any atom is 0.132 e. The van der Waals surface area contributed by atoms with Crippen LogP contribution in [0.25, 0.3) is 0 Å². The van der Waals surface area contributed by atoms with Gasteiger partial charge in [-0.15, -0.1) is 12.4 Å². The lowest BCUT2D eigenvalue weighted by atomic mass is 9.97. The normalized spacial score (nSPS) is 17.3. The Balaban J connectivity index is 0.00000220. The molecule has 6 heteroatoms. The fraction of sp³-hybridized carbons (Fsp3) is 0.600. The number of nitrogens with one attached hydrogen (secondary N) is 1. The smallest absolute Gasteiger partial charge is 0.132 e. The van der Waals surface area contributed by atoms with Crippen molar-refractivity contribution in [3.63, 3.8) is 0 Å². The molecule has 0 saturated carbocycles. The van der Waals surface area contributed by atoms with Crippen molar-refractivity contribution in [3.8, 4) is 0 Å². The first-order valence-corrected chi connectivity index (χ1v) is 7.53. The van der Waals surface area contributed by atoms with Gasteiger partial charge in [0.1, 0.15) is 5.82 Å². The first-order valence-electron chi connectivity index (χ1n) is 7.15. The third kappa shape index (κ3) is 4.54. The molecular formula is C15H23Cl2FN2O. The molecule has 1 atom stereocenters. The zero-order valence-electron chi connectivity index (χ0n) is 12.2. The second kappa shape index (κ2) is 8.91. The number of nitrogens with zero attached hydrogens (tertiary/aromatic N) is 1. The summed E-state index contributed by atoms with van der Waals surface area (Å²) in [4.78, 5) is 2.26. The summed E-state index contributed by atoms with van der Waals surface area (Å²) in [5.74, 6) is -0.209. The lowest BCUT2D eigenvalue weighted by Crippen LogP contribution is -2.45. The highest BCUT2D eigenvalue weighted by Crippen LogP contribution is 2.34. The zero-order chi connectivity index (χ0) is 14.5. The Morgan fingerprint density at radius 3 is 2.67 bits per heavy atom. The van der Waals surface area contributed by atoms with Gasteiger partial charge in [0.15, 0.2) is 0 Å². The van der Waals surface area contributed by atoms with Crippen LogP contribution in [0.5, 0.6) is 0 Å². The molecule has 120 valence electrons. The second-order valence-electron chi connectivity index (χ2n) is 5.26. The zero-order valence-corrected chi connectivity index (χ0v) is 13.8. The third-order valence-electron chi connectivity index (χ3n) is 3.88. The first-order chi connectivity index (χ1) is 9.65. The number of hydrogen-bond acceptors (Lipinski definition) is 3. The van der Waals surface area contributed by atoms with E-state index in [-0.39, 0.29) is 30.9 Å². The Morgan fingerprint density at radius 2 is 2.05 bits per heavy atom. The molecule has 0 amide bonds.